The van der Waals surface area contributed by atoms with Gasteiger partial charge in [0.2, 0.25) is 0 Å². The quantitative estimate of drug-likeness (QED) is 0.770. The zero-order valence-corrected chi connectivity index (χ0v) is 9.14. The number of Topliss-reactive ketones (excluding diaryl/α,β-unsaturated/α-hetero) is 1. The zero-order chi connectivity index (χ0) is 11.4. The van der Waals surface area contributed by atoms with Crippen molar-refractivity contribution in [2.45, 2.75) is 12.7 Å². The van der Waals surface area contributed by atoms with Crippen LogP contribution in [-0.2, 0) is 20.7 Å². The van der Waals surface area contributed by atoms with Gasteiger partial charge in [-0.3, -0.25) is 4.79 Å². The number of hydrogen-bond acceptors (Lipinski definition) is 4. The second-order valence-electron chi connectivity index (χ2n) is 3.64. The van der Waals surface area contributed by atoms with E-state index in [2.05, 4.69) is 0 Å². The highest BCUT2D eigenvalue weighted by molar-refractivity contribution is 5.81. The first-order valence-corrected chi connectivity index (χ1v) is 5.16. The molecule has 0 aromatic heterocycles. The van der Waals surface area contributed by atoms with Gasteiger partial charge in [-0.25, -0.2) is 0 Å². The summed E-state index contributed by atoms with van der Waals surface area (Å²) in [5.74, 6) is 0.815. The molecule has 1 fully saturated rings. The number of benzene rings is 1. The van der Waals surface area contributed by atoms with Crippen molar-refractivity contribution in [2.75, 3.05) is 20.3 Å². The van der Waals surface area contributed by atoms with Crippen LogP contribution in [0, 0.1) is 0 Å². The Labute approximate surface area is 94.1 Å². The Morgan fingerprint density at radius 3 is 2.44 bits per heavy atom. The van der Waals surface area contributed by atoms with Gasteiger partial charge in [0.1, 0.15) is 19.0 Å². The van der Waals surface area contributed by atoms with E-state index in [9.17, 15) is 4.79 Å². The fraction of sp³-hybridized carbons (Fsp3) is 0.417. The molecule has 0 unspecified atom stereocenters. The SMILES string of the molecule is COc1ccc(CC2OCC(=O)CO2)cc1. The van der Waals surface area contributed by atoms with Gasteiger partial charge in [-0.05, 0) is 17.7 Å². The lowest BCUT2D eigenvalue weighted by Crippen LogP contribution is -2.33. The molecule has 0 N–H and O–H groups in total. The number of rotatable bonds is 3. The van der Waals surface area contributed by atoms with E-state index in [1.165, 1.54) is 0 Å². The van der Waals surface area contributed by atoms with Gasteiger partial charge in [0.15, 0.2) is 12.1 Å². The van der Waals surface area contributed by atoms with Crippen molar-refractivity contribution in [3.8, 4) is 5.75 Å². The maximum atomic E-state index is 10.9. The Hall–Kier alpha value is -1.39. The Kier molecular flexibility index (Phi) is 3.54. The summed E-state index contributed by atoms with van der Waals surface area (Å²) in [6, 6.07) is 7.70. The number of carbonyl (C=O) groups excluding carboxylic acids is 1. The van der Waals surface area contributed by atoms with Crippen LogP contribution in [0.5, 0.6) is 5.75 Å². The summed E-state index contributed by atoms with van der Waals surface area (Å²) in [6.07, 6.45) is 0.336. The maximum Gasteiger partial charge on any atom is 0.184 e. The monoisotopic (exact) mass is 222 g/mol. The molecule has 1 aliphatic heterocycles. The van der Waals surface area contributed by atoms with Crippen LogP contribution >= 0.6 is 0 Å². The van der Waals surface area contributed by atoms with Gasteiger partial charge in [0.25, 0.3) is 0 Å². The van der Waals surface area contributed by atoms with Gasteiger partial charge < -0.3 is 14.2 Å². The van der Waals surface area contributed by atoms with Crippen LogP contribution in [-0.4, -0.2) is 32.4 Å². The molecule has 16 heavy (non-hydrogen) atoms. The molecule has 0 radical (unpaired) electrons. The standard InChI is InChI=1S/C12H14O4/c1-14-11-4-2-9(3-5-11)6-12-15-7-10(13)8-16-12/h2-5,12H,6-8H2,1H3. The van der Waals surface area contributed by atoms with E-state index >= 15 is 0 Å². The molecular formula is C12H14O4. The van der Waals surface area contributed by atoms with Crippen molar-refractivity contribution in [3.05, 3.63) is 29.8 Å². The summed E-state index contributed by atoms with van der Waals surface area (Å²) < 4.78 is 15.6. The second-order valence-corrected chi connectivity index (χ2v) is 3.64. The first-order chi connectivity index (χ1) is 7.78. The van der Waals surface area contributed by atoms with E-state index in [0.29, 0.717) is 6.42 Å². The van der Waals surface area contributed by atoms with Crippen LogP contribution in [0.2, 0.25) is 0 Å². The minimum absolute atomic E-state index is 0.00835. The van der Waals surface area contributed by atoms with Gasteiger partial charge in [-0.2, -0.15) is 0 Å². The van der Waals surface area contributed by atoms with Crippen molar-refractivity contribution in [2.24, 2.45) is 0 Å². The van der Waals surface area contributed by atoms with Crippen LogP contribution in [0.1, 0.15) is 5.56 Å². The highest BCUT2D eigenvalue weighted by atomic mass is 16.7. The lowest BCUT2D eigenvalue weighted by molar-refractivity contribution is -0.185. The molecule has 2 rings (SSSR count). The molecule has 1 aliphatic rings. The summed E-state index contributed by atoms with van der Waals surface area (Å²) >= 11 is 0. The fourth-order valence-electron chi connectivity index (χ4n) is 1.53. The Morgan fingerprint density at radius 1 is 1.25 bits per heavy atom. The third-order valence-corrected chi connectivity index (χ3v) is 2.42. The van der Waals surface area contributed by atoms with E-state index in [1.807, 2.05) is 24.3 Å². The average molecular weight is 222 g/mol. The van der Waals surface area contributed by atoms with Crippen molar-refractivity contribution < 1.29 is 19.0 Å². The van der Waals surface area contributed by atoms with E-state index in [1.54, 1.807) is 7.11 Å². The molecule has 86 valence electrons. The van der Waals surface area contributed by atoms with Gasteiger partial charge in [0, 0.05) is 6.42 Å². The van der Waals surface area contributed by atoms with Gasteiger partial charge in [-0.15, -0.1) is 0 Å². The van der Waals surface area contributed by atoms with Crippen LogP contribution in [0.3, 0.4) is 0 Å². The van der Waals surface area contributed by atoms with Gasteiger partial charge in [-0.1, -0.05) is 12.1 Å². The first-order valence-electron chi connectivity index (χ1n) is 5.16. The molecule has 0 amide bonds. The molecule has 0 spiro atoms. The maximum absolute atomic E-state index is 10.9. The van der Waals surface area contributed by atoms with Gasteiger partial charge >= 0.3 is 0 Å². The smallest absolute Gasteiger partial charge is 0.184 e. The predicted octanol–water partition coefficient (Wildman–Crippen LogP) is 1.18. The van der Waals surface area contributed by atoms with Crippen LogP contribution < -0.4 is 4.74 Å². The van der Waals surface area contributed by atoms with Crippen LogP contribution in [0.4, 0.5) is 0 Å². The summed E-state index contributed by atoms with van der Waals surface area (Å²) in [6.45, 7) is 0.307. The van der Waals surface area contributed by atoms with Crippen molar-refractivity contribution in [3.63, 3.8) is 0 Å². The molecule has 0 aliphatic carbocycles. The third kappa shape index (κ3) is 2.81. The molecule has 1 aromatic carbocycles. The van der Waals surface area contributed by atoms with Crippen molar-refractivity contribution in [1.29, 1.82) is 0 Å². The number of carbonyl (C=O) groups is 1. The van der Waals surface area contributed by atoms with Crippen molar-refractivity contribution in [1.82, 2.24) is 0 Å². The molecule has 0 saturated carbocycles. The number of ketones is 1. The minimum Gasteiger partial charge on any atom is -0.497 e. The third-order valence-electron chi connectivity index (χ3n) is 2.42. The van der Waals surface area contributed by atoms with Crippen LogP contribution in [0.25, 0.3) is 0 Å². The molecule has 1 aromatic rings. The molecule has 4 heteroatoms. The van der Waals surface area contributed by atoms with E-state index in [-0.39, 0.29) is 25.3 Å². The summed E-state index contributed by atoms with van der Waals surface area (Å²) in [7, 11) is 1.63. The molecule has 0 bridgehead atoms. The highest BCUT2D eigenvalue weighted by Crippen LogP contribution is 2.15. The molecule has 1 saturated heterocycles. The normalized spacial score (nSPS) is 17.4. The largest absolute Gasteiger partial charge is 0.497 e. The minimum atomic E-state index is -0.314. The number of ether oxygens (including phenoxy) is 3. The van der Waals surface area contributed by atoms with Crippen LogP contribution in [0.15, 0.2) is 24.3 Å². The molecular weight excluding hydrogens is 208 g/mol. The lowest BCUT2D eigenvalue weighted by atomic mass is 10.1. The van der Waals surface area contributed by atoms with Crippen molar-refractivity contribution >= 4 is 5.78 Å². The summed E-state index contributed by atoms with van der Waals surface area (Å²) in [4.78, 5) is 10.9. The predicted molar refractivity (Wildman–Crippen MR) is 57.4 cm³/mol. The molecule has 1 heterocycles. The summed E-state index contributed by atoms with van der Waals surface area (Å²) in [5.41, 5.74) is 1.10. The Bertz CT molecular complexity index is 348. The first kappa shape index (κ1) is 11.1. The van der Waals surface area contributed by atoms with E-state index < -0.39 is 0 Å². The Balaban J connectivity index is 1.90. The fourth-order valence-corrected chi connectivity index (χ4v) is 1.53. The molecule has 0 atom stereocenters. The Morgan fingerprint density at radius 2 is 1.88 bits per heavy atom. The zero-order valence-electron chi connectivity index (χ0n) is 9.14. The summed E-state index contributed by atoms with van der Waals surface area (Å²) in [5, 5.41) is 0. The molecule has 4 nitrogen and oxygen atoms in total. The average Bonchev–Trinajstić information content (AvgIpc) is 2.33. The van der Waals surface area contributed by atoms with E-state index in [0.717, 1.165) is 11.3 Å². The second kappa shape index (κ2) is 5.09. The topological polar surface area (TPSA) is 44.8 Å². The number of hydrogen-bond donors (Lipinski definition) is 0. The lowest BCUT2D eigenvalue weighted by Gasteiger charge is -2.22. The van der Waals surface area contributed by atoms with E-state index in [4.69, 9.17) is 14.2 Å². The number of methoxy groups -OCH3 is 1. The highest BCUT2D eigenvalue weighted by Gasteiger charge is 2.19. The van der Waals surface area contributed by atoms with Gasteiger partial charge in [0.05, 0.1) is 7.11 Å².